The first-order chi connectivity index (χ1) is 4.79. The van der Waals surface area contributed by atoms with E-state index in [0.717, 1.165) is 17.3 Å². The molecule has 50 valence electrons. The fraction of sp³-hybridized carbons (Fsp3) is 0.250. The molecule has 0 aliphatic heterocycles. The quantitative estimate of drug-likeness (QED) is 0.452. The molecule has 0 heterocycles. The Morgan fingerprint density at radius 2 is 1.90 bits per heavy atom. The fourth-order valence-electron chi connectivity index (χ4n) is 0.580. The summed E-state index contributed by atoms with van der Waals surface area (Å²) in [5.74, 6) is 0. The van der Waals surface area contributed by atoms with Crippen molar-refractivity contribution in [3.63, 3.8) is 0 Å². The van der Waals surface area contributed by atoms with Gasteiger partial charge < -0.3 is 0 Å². The molecule has 0 bridgehead atoms. The molecule has 0 amide bonds. The zero-order valence-corrected chi connectivity index (χ0v) is 10.0. The van der Waals surface area contributed by atoms with E-state index in [9.17, 15) is 0 Å². The Hall–Kier alpha value is 0.133. The van der Waals surface area contributed by atoms with E-state index < -0.39 is 0 Å². The minimum absolute atomic E-state index is 0.847. The van der Waals surface area contributed by atoms with Crippen molar-refractivity contribution in [2.45, 2.75) is 13.8 Å². The Morgan fingerprint density at radius 3 is 2.20 bits per heavy atom. The van der Waals surface area contributed by atoms with Gasteiger partial charge in [0.05, 0.1) is 0 Å². The third-order valence-electron chi connectivity index (χ3n) is 1.12. The molecular formula is C8H9ClZn. The third kappa shape index (κ3) is 4.03. The summed E-state index contributed by atoms with van der Waals surface area (Å²) in [5, 5.41) is 0. The summed E-state index contributed by atoms with van der Waals surface area (Å²) in [7, 11) is 4.76. The van der Waals surface area contributed by atoms with E-state index in [1.807, 2.05) is 13.0 Å². The molecule has 0 aliphatic carbocycles. The van der Waals surface area contributed by atoms with Crippen molar-refractivity contribution in [2.75, 3.05) is 0 Å². The van der Waals surface area contributed by atoms with Crippen LogP contribution in [0.3, 0.4) is 0 Å². The van der Waals surface area contributed by atoms with E-state index in [0.29, 0.717) is 0 Å². The summed E-state index contributed by atoms with van der Waals surface area (Å²) in [6, 6.07) is 9.25. The van der Waals surface area contributed by atoms with Crippen LogP contribution < -0.4 is 0 Å². The average Bonchev–Trinajstić information content (AvgIpc) is 2.00. The van der Waals surface area contributed by atoms with Crippen molar-refractivity contribution in [1.82, 2.24) is 0 Å². The van der Waals surface area contributed by atoms with Gasteiger partial charge in [-0.3, -0.25) is 0 Å². The second-order valence-electron chi connectivity index (χ2n) is 2.05. The van der Waals surface area contributed by atoms with E-state index in [2.05, 4.69) is 25.1 Å². The number of hydrogen-bond donors (Lipinski definition) is 0. The third-order valence-corrected chi connectivity index (χ3v) is 1.12. The van der Waals surface area contributed by atoms with Crippen LogP contribution in [0.5, 0.6) is 0 Å². The van der Waals surface area contributed by atoms with Crippen molar-refractivity contribution in [2.24, 2.45) is 0 Å². The normalized spacial score (nSPS) is 8.10. The molecule has 10 heavy (non-hydrogen) atoms. The minimum atomic E-state index is 0.847. The van der Waals surface area contributed by atoms with E-state index in [1.165, 1.54) is 11.1 Å². The topological polar surface area (TPSA) is 0 Å². The molecule has 0 aliphatic rings. The summed E-state index contributed by atoms with van der Waals surface area (Å²) >= 11 is 0.847. The van der Waals surface area contributed by atoms with Crippen LogP contribution in [0.1, 0.15) is 11.1 Å². The molecule has 0 unspecified atom stereocenters. The number of halogens is 1. The molecule has 1 rings (SSSR count). The van der Waals surface area contributed by atoms with E-state index >= 15 is 0 Å². The molecule has 1 aromatic rings. The summed E-state index contributed by atoms with van der Waals surface area (Å²) in [5.41, 5.74) is 2.48. The SMILES string of the molecule is Cc1[c-]cc(C)cc1.[Cl][Zn+]. The molecule has 0 saturated carbocycles. The van der Waals surface area contributed by atoms with Crippen LogP contribution in [-0.2, 0) is 17.3 Å². The van der Waals surface area contributed by atoms with Crippen LogP contribution in [0.2, 0.25) is 0 Å². The van der Waals surface area contributed by atoms with Gasteiger partial charge in [-0.25, -0.2) is 0 Å². The summed E-state index contributed by atoms with van der Waals surface area (Å²) in [6.07, 6.45) is 0. The Bertz CT molecular complexity index is 148. The maximum atomic E-state index is 4.76. The van der Waals surface area contributed by atoms with Crippen molar-refractivity contribution in [3.05, 3.63) is 35.4 Å². The number of benzene rings is 1. The van der Waals surface area contributed by atoms with E-state index in [4.69, 9.17) is 9.69 Å². The Balaban J connectivity index is 0.000000371. The van der Waals surface area contributed by atoms with Crippen LogP contribution >= 0.6 is 9.69 Å². The second kappa shape index (κ2) is 5.88. The molecule has 0 spiro atoms. The van der Waals surface area contributed by atoms with Crippen LogP contribution in [0.25, 0.3) is 0 Å². The van der Waals surface area contributed by atoms with Gasteiger partial charge in [-0.2, -0.15) is 35.4 Å². The van der Waals surface area contributed by atoms with Crippen LogP contribution in [0, 0.1) is 19.9 Å². The van der Waals surface area contributed by atoms with Crippen LogP contribution in [-0.4, -0.2) is 0 Å². The molecule has 0 nitrogen and oxygen atoms in total. The molecular weight excluding hydrogens is 197 g/mol. The first-order valence-corrected chi connectivity index (χ1v) is 6.90. The van der Waals surface area contributed by atoms with Gasteiger partial charge in [0.1, 0.15) is 0 Å². The summed E-state index contributed by atoms with van der Waals surface area (Å²) in [4.78, 5) is 0. The first kappa shape index (κ1) is 10.1. The number of hydrogen-bond acceptors (Lipinski definition) is 0. The van der Waals surface area contributed by atoms with Gasteiger partial charge in [0, 0.05) is 0 Å². The van der Waals surface area contributed by atoms with Gasteiger partial charge in [-0.05, 0) is 0 Å². The predicted molar refractivity (Wildman–Crippen MR) is 40.6 cm³/mol. The van der Waals surface area contributed by atoms with Crippen LogP contribution in [0.4, 0.5) is 0 Å². The van der Waals surface area contributed by atoms with Crippen molar-refractivity contribution < 1.29 is 17.3 Å². The average molecular weight is 206 g/mol. The summed E-state index contributed by atoms with van der Waals surface area (Å²) < 4.78 is 0. The van der Waals surface area contributed by atoms with Gasteiger partial charge in [0.15, 0.2) is 0 Å². The van der Waals surface area contributed by atoms with Crippen molar-refractivity contribution >= 4 is 9.69 Å². The van der Waals surface area contributed by atoms with Gasteiger partial charge in [0.25, 0.3) is 0 Å². The van der Waals surface area contributed by atoms with Crippen molar-refractivity contribution in [3.8, 4) is 0 Å². The van der Waals surface area contributed by atoms with Gasteiger partial charge in [-0.1, -0.05) is 13.8 Å². The Labute approximate surface area is 76.3 Å². The molecule has 2 heteroatoms. The van der Waals surface area contributed by atoms with E-state index in [-0.39, 0.29) is 0 Å². The molecule has 0 fully saturated rings. The van der Waals surface area contributed by atoms with Crippen molar-refractivity contribution in [1.29, 1.82) is 0 Å². The maximum absolute atomic E-state index is 4.76. The number of rotatable bonds is 0. The molecule has 1 aromatic carbocycles. The van der Waals surface area contributed by atoms with E-state index in [1.54, 1.807) is 0 Å². The standard InChI is InChI=1S/C8H9.ClH.Zn/c1-7-3-5-8(2)6-4-7;;/h3-5H,1-2H3;1H;/q-1;;+2/p-1. The molecule has 0 N–H and O–H groups in total. The monoisotopic (exact) mass is 204 g/mol. The first-order valence-electron chi connectivity index (χ1n) is 3.01. The summed E-state index contributed by atoms with van der Waals surface area (Å²) in [6.45, 7) is 4.11. The fourth-order valence-corrected chi connectivity index (χ4v) is 0.580. The van der Waals surface area contributed by atoms with Crippen LogP contribution in [0.15, 0.2) is 18.2 Å². The molecule has 0 radical (unpaired) electrons. The molecule has 0 atom stereocenters. The molecule has 0 aromatic heterocycles. The van der Waals surface area contributed by atoms with Gasteiger partial charge >= 0.3 is 27.0 Å². The number of aryl methyl sites for hydroxylation is 2. The molecule has 0 saturated heterocycles. The predicted octanol–water partition coefficient (Wildman–Crippen LogP) is 2.79. The Kier molecular flexibility index (Phi) is 5.96. The zero-order valence-electron chi connectivity index (χ0n) is 6.32. The van der Waals surface area contributed by atoms with Gasteiger partial charge in [-0.15, -0.1) is 0 Å². The second-order valence-corrected chi connectivity index (χ2v) is 2.05. The Morgan fingerprint density at radius 1 is 1.30 bits per heavy atom. The zero-order chi connectivity index (χ0) is 7.98. The van der Waals surface area contributed by atoms with Gasteiger partial charge in [0.2, 0.25) is 0 Å².